The number of benzene rings is 1. The van der Waals surface area contributed by atoms with Gasteiger partial charge in [0, 0.05) is 6.92 Å². The highest BCUT2D eigenvalue weighted by molar-refractivity contribution is 5.87. The van der Waals surface area contributed by atoms with E-state index < -0.39 is 0 Å². The third-order valence-electron chi connectivity index (χ3n) is 1.82. The molecule has 0 aliphatic heterocycles. The monoisotopic (exact) mass is 202 g/mol. The van der Waals surface area contributed by atoms with E-state index in [1.54, 1.807) is 10.9 Å². The molecule has 0 aliphatic carbocycles. The van der Waals surface area contributed by atoms with E-state index in [0.717, 1.165) is 5.69 Å². The molecule has 1 heterocycles. The van der Waals surface area contributed by atoms with Gasteiger partial charge in [-0.15, -0.1) is 5.10 Å². The van der Waals surface area contributed by atoms with Crippen molar-refractivity contribution in [2.75, 3.05) is 5.32 Å². The van der Waals surface area contributed by atoms with Gasteiger partial charge in [0.25, 0.3) is 0 Å². The number of carbonyl (C=O) groups excluding carboxylic acids is 1. The van der Waals surface area contributed by atoms with Crippen molar-refractivity contribution >= 4 is 11.7 Å². The molecule has 1 amide bonds. The Labute approximate surface area is 86.7 Å². The van der Waals surface area contributed by atoms with E-state index in [1.807, 2.05) is 30.3 Å². The maximum Gasteiger partial charge on any atom is 0.222 e. The minimum absolute atomic E-state index is 0.157. The predicted molar refractivity (Wildman–Crippen MR) is 55.7 cm³/mol. The third-order valence-corrected chi connectivity index (χ3v) is 1.82. The van der Waals surface area contributed by atoms with Gasteiger partial charge >= 0.3 is 0 Å². The Morgan fingerprint density at radius 3 is 2.73 bits per heavy atom. The van der Waals surface area contributed by atoms with Crippen molar-refractivity contribution in [3.8, 4) is 5.69 Å². The fraction of sp³-hybridized carbons (Fsp3) is 0.100. The Morgan fingerprint density at radius 2 is 2.07 bits per heavy atom. The first-order valence-corrected chi connectivity index (χ1v) is 4.51. The Hall–Kier alpha value is -2.17. The van der Waals surface area contributed by atoms with Crippen LogP contribution in [0.25, 0.3) is 5.69 Å². The highest BCUT2D eigenvalue weighted by atomic mass is 16.1. The lowest BCUT2D eigenvalue weighted by atomic mass is 10.3. The van der Waals surface area contributed by atoms with Gasteiger partial charge in [-0.2, -0.15) is 0 Å². The van der Waals surface area contributed by atoms with Gasteiger partial charge in [-0.3, -0.25) is 4.79 Å². The highest BCUT2D eigenvalue weighted by Crippen LogP contribution is 2.07. The minimum atomic E-state index is -0.157. The van der Waals surface area contributed by atoms with Crippen molar-refractivity contribution < 1.29 is 4.79 Å². The molecule has 5 heteroatoms. The molecular weight excluding hydrogens is 192 g/mol. The maximum atomic E-state index is 10.8. The van der Waals surface area contributed by atoms with Crippen LogP contribution < -0.4 is 5.32 Å². The summed E-state index contributed by atoms with van der Waals surface area (Å²) >= 11 is 0. The molecule has 5 nitrogen and oxygen atoms in total. The van der Waals surface area contributed by atoms with Crippen molar-refractivity contribution in [1.82, 2.24) is 15.0 Å². The van der Waals surface area contributed by atoms with Gasteiger partial charge < -0.3 is 5.32 Å². The molecule has 0 saturated heterocycles. The smallest absolute Gasteiger partial charge is 0.222 e. The summed E-state index contributed by atoms with van der Waals surface area (Å²) in [7, 11) is 0. The van der Waals surface area contributed by atoms with Crippen LogP contribution in [-0.4, -0.2) is 20.9 Å². The third kappa shape index (κ3) is 2.19. The number of para-hydroxylation sites is 1. The number of nitrogens with zero attached hydrogens (tertiary/aromatic N) is 3. The van der Waals surface area contributed by atoms with Gasteiger partial charge in [0.15, 0.2) is 5.82 Å². The molecule has 1 aromatic carbocycles. The van der Waals surface area contributed by atoms with Crippen LogP contribution in [0.3, 0.4) is 0 Å². The zero-order valence-corrected chi connectivity index (χ0v) is 8.21. The molecule has 0 aliphatic rings. The molecule has 2 aromatic rings. The van der Waals surface area contributed by atoms with E-state index in [4.69, 9.17) is 0 Å². The number of hydrogen-bond acceptors (Lipinski definition) is 3. The number of anilines is 1. The van der Waals surface area contributed by atoms with Crippen LogP contribution in [-0.2, 0) is 4.79 Å². The first kappa shape index (κ1) is 9.39. The number of nitrogens with one attached hydrogen (secondary N) is 1. The van der Waals surface area contributed by atoms with E-state index in [1.165, 1.54) is 6.92 Å². The average molecular weight is 202 g/mol. The largest absolute Gasteiger partial charge is 0.308 e. The van der Waals surface area contributed by atoms with E-state index >= 15 is 0 Å². The molecule has 1 N–H and O–H groups in total. The molecule has 0 saturated carbocycles. The molecule has 0 spiro atoms. The van der Waals surface area contributed by atoms with Crippen LogP contribution in [0.1, 0.15) is 6.92 Å². The predicted octanol–water partition coefficient (Wildman–Crippen LogP) is 1.23. The first-order chi connectivity index (χ1) is 7.25. The Morgan fingerprint density at radius 1 is 1.33 bits per heavy atom. The number of rotatable bonds is 2. The van der Waals surface area contributed by atoms with Crippen molar-refractivity contribution in [2.24, 2.45) is 0 Å². The first-order valence-electron chi connectivity index (χ1n) is 4.51. The van der Waals surface area contributed by atoms with Crippen LogP contribution >= 0.6 is 0 Å². The number of hydrogen-bond donors (Lipinski definition) is 1. The number of aromatic nitrogens is 3. The minimum Gasteiger partial charge on any atom is -0.308 e. The number of amides is 1. The van der Waals surface area contributed by atoms with E-state index in [2.05, 4.69) is 15.6 Å². The quantitative estimate of drug-likeness (QED) is 0.796. The summed E-state index contributed by atoms with van der Waals surface area (Å²) in [5.41, 5.74) is 0.904. The molecule has 0 fully saturated rings. The zero-order chi connectivity index (χ0) is 10.7. The van der Waals surface area contributed by atoms with Gasteiger partial charge in [-0.25, -0.2) is 4.68 Å². The normalized spacial score (nSPS) is 9.93. The maximum absolute atomic E-state index is 10.8. The molecule has 15 heavy (non-hydrogen) atoms. The van der Waals surface area contributed by atoms with Crippen LogP contribution in [0, 0.1) is 0 Å². The van der Waals surface area contributed by atoms with E-state index in [0.29, 0.717) is 5.82 Å². The summed E-state index contributed by atoms with van der Waals surface area (Å²) in [6.45, 7) is 1.43. The molecular formula is C10H10N4O. The average Bonchev–Trinajstić information content (AvgIpc) is 2.67. The lowest BCUT2D eigenvalue weighted by Gasteiger charge is -1.97. The van der Waals surface area contributed by atoms with Gasteiger partial charge in [0.05, 0.1) is 11.9 Å². The van der Waals surface area contributed by atoms with Crippen molar-refractivity contribution in [3.05, 3.63) is 36.5 Å². The van der Waals surface area contributed by atoms with Gasteiger partial charge in [0.1, 0.15) is 0 Å². The van der Waals surface area contributed by atoms with Crippen LogP contribution in [0.5, 0.6) is 0 Å². The van der Waals surface area contributed by atoms with Crippen molar-refractivity contribution in [3.63, 3.8) is 0 Å². The zero-order valence-electron chi connectivity index (χ0n) is 8.21. The van der Waals surface area contributed by atoms with Gasteiger partial charge in [-0.05, 0) is 12.1 Å². The van der Waals surface area contributed by atoms with Gasteiger partial charge in [0.2, 0.25) is 5.91 Å². The lowest BCUT2D eigenvalue weighted by molar-refractivity contribution is -0.114. The highest BCUT2D eigenvalue weighted by Gasteiger charge is 2.02. The molecule has 0 atom stereocenters. The summed E-state index contributed by atoms with van der Waals surface area (Å²) in [5.74, 6) is 0.293. The fourth-order valence-electron chi connectivity index (χ4n) is 1.21. The summed E-state index contributed by atoms with van der Waals surface area (Å²) < 4.78 is 1.60. The SMILES string of the molecule is CC(=O)Nc1cn(-c2ccccc2)nn1. The second-order valence-electron chi connectivity index (χ2n) is 3.07. The summed E-state index contributed by atoms with van der Waals surface area (Å²) in [6.07, 6.45) is 1.66. The number of carbonyl (C=O) groups is 1. The van der Waals surface area contributed by atoms with E-state index in [-0.39, 0.29) is 5.91 Å². The van der Waals surface area contributed by atoms with Crippen LogP contribution in [0.15, 0.2) is 36.5 Å². The van der Waals surface area contributed by atoms with Crippen LogP contribution in [0.4, 0.5) is 5.82 Å². The Bertz CT molecular complexity index is 463. The van der Waals surface area contributed by atoms with Crippen LogP contribution in [0.2, 0.25) is 0 Å². The summed E-state index contributed by atoms with van der Waals surface area (Å²) in [4.78, 5) is 10.8. The molecule has 2 rings (SSSR count). The Balaban J connectivity index is 2.24. The molecule has 0 bridgehead atoms. The lowest BCUT2D eigenvalue weighted by Crippen LogP contribution is -2.05. The summed E-state index contributed by atoms with van der Waals surface area (Å²) in [5, 5.41) is 10.3. The second-order valence-corrected chi connectivity index (χ2v) is 3.07. The van der Waals surface area contributed by atoms with Crippen molar-refractivity contribution in [2.45, 2.75) is 6.92 Å². The molecule has 1 aromatic heterocycles. The fourth-order valence-corrected chi connectivity index (χ4v) is 1.21. The summed E-state index contributed by atoms with van der Waals surface area (Å²) in [6, 6.07) is 9.57. The van der Waals surface area contributed by atoms with Crippen molar-refractivity contribution in [1.29, 1.82) is 0 Å². The molecule has 76 valence electrons. The standard InChI is InChI=1S/C10H10N4O/c1-8(15)11-10-7-14(13-12-10)9-5-3-2-4-6-9/h2-7H,1H3,(H,11,15). The second kappa shape index (κ2) is 3.91. The topological polar surface area (TPSA) is 59.8 Å². The van der Waals surface area contributed by atoms with E-state index in [9.17, 15) is 4.79 Å². The Kier molecular flexibility index (Phi) is 2.45. The molecule has 0 unspecified atom stereocenters. The molecule has 0 radical (unpaired) electrons. The van der Waals surface area contributed by atoms with Gasteiger partial charge in [-0.1, -0.05) is 23.4 Å².